The van der Waals surface area contributed by atoms with Gasteiger partial charge in [-0.25, -0.2) is 0 Å². The normalized spacial score (nSPS) is 24.3. The minimum absolute atomic E-state index is 0.447. The molecule has 2 saturated heterocycles. The first-order valence-electron chi connectivity index (χ1n) is 12.0. The monoisotopic (exact) mass is 483 g/mol. The number of quaternary nitrogens is 2. The van der Waals surface area contributed by atoms with E-state index in [0.717, 1.165) is 5.92 Å². The molecule has 12 nitrogen and oxygen atoms in total. The van der Waals surface area contributed by atoms with Gasteiger partial charge in [-0.3, -0.25) is 30.3 Å². The fraction of sp³-hybridized carbons (Fsp3) is 0.727. The number of phenolic OH excluding ortho intramolecular Hbond substituents is 1. The Morgan fingerprint density at radius 3 is 1.88 bits per heavy atom. The highest BCUT2D eigenvalue weighted by atomic mass is 16.6. The largest absolute Gasteiger partial charge is 0.497 e. The summed E-state index contributed by atoms with van der Waals surface area (Å²) in [6.45, 7) is 18.6. The van der Waals surface area contributed by atoms with Crippen LogP contribution in [-0.2, 0) is 0 Å². The molecule has 3 rings (SSSR count). The van der Waals surface area contributed by atoms with Crippen molar-refractivity contribution >= 4 is 17.1 Å². The Labute approximate surface area is 199 Å². The second-order valence-corrected chi connectivity index (χ2v) is 9.65. The highest BCUT2D eigenvalue weighted by Crippen LogP contribution is 2.39. The van der Waals surface area contributed by atoms with Gasteiger partial charge >= 0.3 is 11.4 Å². The lowest BCUT2D eigenvalue weighted by Gasteiger charge is -2.38. The number of rotatable bonds is 5. The zero-order valence-electron chi connectivity index (χ0n) is 20.4. The van der Waals surface area contributed by atoms with E-state index in [1.165, 1.54) is 87.0 Å². The second kappa shape index (κ2) is 11.5. The molecule has 0 aromatic heterocycles. The number of nitro groups is 3. The average molecular weight is 484 g/mol. The molecule has 1 N–H and O–H groups in total. The molecule has 2 fully saturated rings. The minimum atomic E-state index is -1.21. The van der Waals surface area contributed by atoms with Crippen LogP contribution in [0.1, 0.15) is 46.5 Å². The van der Waals surface area contributed by atoms with E-state index in [-0.39, 0.29) is 0 Å². The molecule has 2 aliphatic rings. The summed E-state index contributed by atoms with van der Waals surface area (Å²) in [7, 11) is 0. The van der Waals surface area contributed by atoms with Crippen LogP contribution in [-0.4, -0.2) is 81.2 Å². The number of aromatic hydroxyl groups is 1. The van der Waals surface area contributed by atoms with E-state index in [1.807, 2.05) is 0 Å². The summed E-state index contributed by atoms with van der Waals surface area (Å²) in [5, 5.41) is 40.2. The molecule has 0 saturated carbocycles. The van der Waals surface area contributed by atoms with Crippen molar-refractivity contribution in [2.75, 3.05) is 52.4 Å². The molecule has 1 aromatic carbocycles. The van der Waals surface area contributed by atoms with Crippen molar-refractivity contribution < 1.29 is 28.8 Å². The fourth-order valence-corrected chi connectivity index (χ4v) is 5.19. The summed E-state index contributed by atoms with van der Waals surface area (Å²) in [5.74, 6) is -0.233. The maximum Gasteiger partial charge on any atom is 0.324 e. The number of nitro benzene ring substituents is 3. The van der Waals surface area contributed by atoms with Gasteiger partial charge < -0.3 is 14.1 Å². The molecule has 34 heavy (non-hydrogen) atoms. The molecule has 2 aliphatic heterocycles. The zero-order chi connectivity index (χ0) is 25.5. The summed E-state index contributed by atoms with van der Waals surface area (Å²) in [6.07, 6.45) is 5.87. The Bertz CT molecular complexity index is 871. The maximum absolute atomic E-state index is 10.4. The lowest BCUT2D eigenvalue weighted by Crippen LogP contribution is -2.54. The van der Waals surface area contributed by atoms with Gasteiger partial charge in [0.2, 0.25) is 0 Å². The number of phenols is 1. The van der Waals surface area contributed by atoms with Gasteiger partial charge in [0.1, 0.15) is 13.1 Å². The Kier molecular flexibility index (Phi) is 9.28. The van der Waals surface area contributed by atoms with Crippen LogP contribution in [0.15, 0.2) is 12.1 Å². The Morgan fingerprint density at radius 2 is 1.38 bits per heavy atom. The number of hydrogen-bond acceptors (Lipinski definition) is 7. The molecule has 2 atom stereocenters. The van der Waals surface area contributed by atoms with E-state index in [0.29, 0.717) is 12.1 Å². The number of hydrogen-bond donors (Lipinski definition) is 1. The molecule has 12 heteroatoms. The summed E-state index contributed by atoms with van der Waals surface area (Å²) in [5.41, 5.74) is -3.00. The van der Waals surface area contributed by atoms with Crippen LogP contribution in [0.3, 0.4) is 0 Å². The van der Waals surface area contributed by atoms with Gasteiger partial charge in [-0.15, -0.1) is 0 Å². The summed E-state index contributed by atoms with van der Waals surface area (Å²) in [6, 6.07) is 0.894. The van der Waals surface area contributed by atoms with Crippen molar-refractivity contribution in [3.05, 3.63) is 42.5 Å². The average Bonchev–Trinajstić information content (AvgIpc) is 3.09. The fourth-order valence-electron chi connectivity index (χ4n) is 5.19. The van der Waals surface area contributed by atoms with Crippen molar-refractivity contribution in [3.8, 4) is 5.75 Å². The topological polar surface area (TPSA) is 150 Å². The minimum Gasteiger partial charge on any atom is -0.497 e. The predicted octanol–water partition coefficient (Wildman–Crippen LogP) is 4.00. The lowest BCUT2D eigenvalue weighted by molar-refractivity contribution is -0.962. The number of non-ortho nitro benzene ring substituents is 1. The highest BCUT2D eigenvalue weighted by molar-refractivity contribution is 5.64. The Morgan fingerprint density at radius 1 is 0.824 bits per heavy atom. The standard InChI is InChI=1S/C16H34N2.C6H3N3O7/c1-4-17(5-2)11-7-12-18(15-14-17)10-6-8-16(3)9-13-18;10-6-4(8(13)14)1-3(7(11)12)2-5(6)9(15)16/h16H,4-15H2,1-3H3;1-2,10H/q+2;. The first-order valence-corrected chi connectivity index (χ1v) is 12.0. The third kappa shape index (κ3) is 6.60. The quantitative estimate of drug-likeness (QED) is 0.378. The number of likely N-dealkylation sites (N-methyl/N-ethyl adjacent to an activating group) is 1. The molecule has 0 amide bonds. The second-order valence-electron chi connectivity index (χ2n) is 9.65. The van der Waals surface area contributed by atoms with Gasteiger partial charge in [0.15, 0.2) is 0 Å². The summed E-state index contributed by atoms with van der Waals surface area (Å²) >= 11 is 0. The molecule has 1 aromatic rings. The third-order valence-electron chi connectivity index (χ3n) is 7.74. The lowest BCUT2D eigenvalue weighted by atomic mass is 10.0. The summed E-state index contributed by atoms with van der Waals surface area (Å²) in [4.78, 5) is 27.8. The van der Waals surface area contributed by atoms with E-state index in [9.17, 15) is 30.3 Å². The van der Waals surface area contributed by atoms with Crippen LogP contribution < -0.4 is 0 Å². The van der Waals surface area contributed by atoms with Crippen LogP contribution >= 0.6 is 0 Å². The van der Waals surface area contributed by atoms with E-state index in [2.05, 4.69) is 20.8 Å². The third-order valence-corrected chi connectivity index (χ3v) is 7.74. The van der Waals surface area contributed by atoms with E-state index in [4.69, 9.17) is 5.11 Å². The van der Waals surface area contributed by atoms with Crippen molar-refractivity contribution in [1.29, 1.82) is 0 Å². The first-order chi connectivity index (χ1) is 16.0. The smallest absolute Gasteiger partial charge is 0.324 e. The van der Waals surface area contributed by atoms with Gasteiger partial charge in [-0.05, 0) is 39.0 Å². The Hall–Kier alpha value is -2.86. The molecule has 0 radical (unpaired) electrons. The number of benzene rings is 1. The van der Waals surface area contributed by atoms with E-state index < -0.39 is 37.6 Å². The highest BCUT2D eigenvalue weighted by Gasteiger charge is 2.38. The van der Waals surface area contributed by atoms with Crippen molar-refractivity contribution in [1.82, 2.24) is 0 Å². The van der Waals surface area contributed by atoms with Gasteiger partial charge in [0.05, 0.1) is 66.2 Å². The van der Waals surface area contributed by atoms with Crippen LogP contribution in [0, 0.1) is 36.3 Å². The molecule has 0 aliphatic carbocycles. The zero-order valence-corrected chi connectivity index (χ0v) is 20.4. The molecule has 0 bridgehead atoms. The van der Waals surface area contributed by atoms with Gasteiger partial charge in [-0.2, -0.15) is 0 Å². The van der Waals surface area contributed by atoms with Crippen molar-refractivity contribution in [2.45, 2.75) is 46.5 Å². The van der Waals surface area contributed by atoms with Crippen molar-refractivity contribution in [2.24, 2.45) is 5.92 Å². The van der Waals surface area contributed by atoms with Crippen LogP contribution in [0.5, 0.6) is 5.75 Å². The van der Waals surface area contributed by atoms with E-state index in [1.54, 1.807) is 0 Å². The Balaban J connectivity index is 0.000000242. The molecular weight excluding hydrogens is 446 g/mol. The SMILES string of the molecule is CC[N+]1(CC)CCC[N+]2(CCCC(C)CC2)CC1.O=[N+]([O-])c1cc([N+](=O)[O-])c(O)c([N+](=O)[O-])c1. The molecule has 190 valence electrons. The van der Waals surface area contributed by atoms with Crippen LogP contribution in [0.4, 0.5) is 17.1 Å². The summed E-state index contributed by atoms with van der Waals surface area (Å²) < 4.78 is 2.85. The van der Waals surface area contributed by atoms with Crippen LogP contribution in [0.25, 0.3) is 0 Å². The molecule has 2 heterocycles. The predicted molar refractivity (Wildman–Crippen MR) is 127 cm³/mol. The first kappa shape index (κ1) is 27.4. The van der Waals surface area contributed by atoms with Gasteiger partial charge in [-0.1, -0.05) is 6.92 Å². The van der Waals surface area contributed by atoms with Gasteiger partial charge in [0.25, 0.3) is 11.4 Å². The number of nitrogens with zero attached hydrogens (tertiary/aromatic N) is 5. The molecule has 2 unspecified atom stereocenters. The van der Waals surface area contributed by atoms with Crippen LogP contribution in [0.2, 0.25) is 0 Å². The molecular formula is C22H37N5O7+2. The molecule has 1 spiro atoms. The van der Waals surface area contributed by atoms with Crippen molar-refractivity contribution in [3.63, 3.8) is 0 Å². The maximum atomic E-state index is 10.4. The van der Waals surface area contributed by atoms with E-state index >= 15 is 0 Å². The van der Waals surface area contributed by atoms with Gasteiger partial charge in [0, 0.05) is 6.42 Å².